The van der Waals surface area contributed by atoms with Crippen molar-refractivity contribution in [1.82, 2.24) is 0 Å². The largest absolute Gasteiger partial charge is 0.481 e. The normalized spacial score (nSPS) is 8.56. The van der Waals surface area contributed by atoms with Crippen LogP contribution in [0.1, 0.15) is 25.7 Å². The Labute approximate surface area is 109 Å². The van der Waals surface area contributed by atoms with Crippen molar-refractivity contribution in [3.63, 3.8) is 0 Å². The second-order valence-electron chi connectivity index (χ2n) is 2.97. The fourth-order valence-electron chi connectivity index (χ4n) is 0.667. The van der Waals surface area contributed by atoms with Gasteiger partial charge in [0.2, 0.25) is 0 Å². The Bertz CT molecular complexity index is 358. The highest BCUT2D eigenvalue weighted by Crippen LogP contribution is 2.14. The molecule has 0 fully saturated rings. The number of carboxylic acid groups (broad SMARTS) is 2. The fourth-order valence-corrected chi connectivity index (χ4v) is 0.866. The molecule has 0 aliphatic carbocycles. The zero-order chi connectivity index (χ0) is 14.7. The van der Waals surface area contributed by atoms with Crippen molar-refractivity contribution in [2.24, 2.45) is 0 Å². The summed E-state index contributed by atoms with van der Waals surface area (Å²) < 4.78 is 0. The lowest BCUT2D eigenvalue weighted by atomic mass is 10.2. The zero-order valence-corrected chi connectivity index (χ0v) is 10.6. The average molecular weight is 279 g/mol. The predicted octanol–water partition coefficient (Wildman–Crippen LogP) is 1.50. The topological polar surface area (TPSA) is 115 Å². The molecule has 0 saturated carbocycles. The highest BCUT2D eigenvalue weighted by molar-refractivity contribution is 6.30. The lowest BCUT2D eigenvalue weighted by Crippen LogP contribution is -1.93. The Hall–Kier alpha value is -1.63. The highest BCUT2D eigenvalue weighted by Gasteiger charge is 2.00. The minimum Gasteiger partial charge on any atom is -0.481 e. The SMILES string of the molecule is CC(=O)O.CC(=O)O.OC(O)c1cccc(Cl)c1. The third-order valence-corrected chi connectivity index (χ3v) is 1.38. The number of rotatable bonds is 1. The first-order valence-corrected chi connectivity index (χ1v) is 5.05. The van der Waals surface area contributed by atoms with Crippen molar-refractivity contribution in [3.8, 4) is 0 Å². The van der Waals surface area contributed by atoms with Crippen molar-refractivity contribution in [2.75, 3.05) is 0 Å². The number of aliphatic hydroxyl groups excluding tert-OH is 1. The molecule has 0 heterocycles. The Morgan fingerprint density at radius 1 is 1.11 bits per heavy atom. The summed E-state index contributed by atoms with van der Waals surface area (Å²) in [5, 5.41) is 32.6. The monoisotopic (exact) mass is 278 g/mol. The number of halogens is 1. The summed E-state index contributed by atoms with van der Waals surface area (Å²) in [6, 6.07) is 6.44. The summed E-state index contributed by atoms with van der Waals surface area (Å²) in [7, 11) is 0. The molecule has 1 aromatic carbocycles. The van der Waals surface area contributed by atoms with Gasteiger partial charge in [-0.3, -0.25) is 9.59 Å². The van der Waals surface area contributed by atoms with Crippen molar-refractivity contribution < 1.29 is 30.0 Å². The van der Waals surface area contributed by atoms with Crippen LogP contribution in [0.2, 0.25) is 5.02 Å². The third kappa shape index (κ3) is 16.8. The van der Waals surface area contributed by atoms with Gasteiger partial charge in [-0.25, -0.2) is 0 Å². The summed E-state index contributed by atoms with van der Waals surface area (Å²) in [6.07, 6.45) is -1.43. The number of aliphatic carboxylic acids is 2. The molecule has 0 amide bonds. The maximum Gasteiger partial charge on any atom is 0.300 e. The number of hydrogen-bond acceptors (Lipinski definition) is 4. The summed E-state index contributed by atoms with van der Waals surface area (Å²) in [6.45, 7) is 2.17. The molecule has 0 aliphatic rings. The van der Waals surface area contributed by atoms with Crippen molar-refractivity contribution >= 4 is 23.5 Å². The molecule has 0 aromatic heterocycles. The van der Waals surface area contributed by atoms with Crippen LogP contribution in [0.3, 0.4) is 0 Å². The molecule has 0 atom stereocenters. The summed E-state index contributed by atoms with van der Waals surface area (Å²) >= 11 is 5.57. The number of benzene rings is 1. The molecule has 4 N–H and O–H groups in total. The Morgan fingerprint density at radius 2 is 1.50 bits per heavy atom. The molecule has 1 rings (SSSR count). The van der Waals surface area contributed by atoms with Crippen molar-refractivity contribution in [3.05, 3.63) is 34.9 Å². The fraction of sp³-hybridized carbons (Fsp3) is 0.273. The van der Waals surface area contributed by atoms with Gasteiger partial charge < -0.3 is 20.4 Å². The van der Waals surface area contributed by atoms with E-state index in [0.717, 1.165) is 13.8 Å². The second-order valence-corrected chi connectivity index (χ2v) is 3.40. The summed E-state index contributed by atoms with van der Waals surface area (Å²) in [5.74, 6) is -1.67. The van der Waals surface area contributed by atoms with Gasteiger partial charge in [-0.05, 0) is 12.1 Å². The van der Waals surface area contributed by atoms with Gasteiger partial charge in [0, 0.05) is 24.4 Å². The van der Waals surface area contributed by atoms with Gasteiger partial charge in [0.05, 0.1) is 0 Å². The van der Waals surface area contributed by atoms with E-state index in [1.165, 1.54) is 6.07 Å². The first kappa shape index (κ1) is 18.7. The Balaban J connectivity index is 0. The minimum absolute atomic E-state index is 0.410. The molecule has 0 saturated heterocycles. The predicted molar refractivity (Wildman–Crippen MR) is 65.3 cm³/mol. The standard InChI is InChI=1S/C7H7ClO2.2C2H4O2/c8-6-3-1-2-5(4-6)7(9)10;2*1-2(3)4/h1-4,7,9-10H;2*1H3,(H,3,4). The van der Waals surface area contributed by atoms with Crippen LogP contribution in [0.5, 0.6) is 0 Å². The first-order valence-electron chi connectivity index (χ1n) is 4.67. The summed E-state index contributed by atoms with van der Waals surface area (Å²) in [4.78, 5) is 18.0. The van der Waals surface area contributed by atoms with Crippen LogP contribution in [0.4, 0.5) is 0 Å². The molecule has 0 spiro atoms. The van der Waals surface area contributed by atoms with E-state index in [-0.39, 0.29) is 0 Å². The molecule has 6 nitrogen and oxygen atoms in total. The quantitative estimate of drug-likeness (QED) is 0.579. The van der Waals surface area contributed by atoms with Crippen LogP contribution >= 0.6 is 11.6 Å². The number of carboxylic acids is 2. The van der Waals surface area contributed by atoms with E-state index in [0.29, 0.717) is 10.6 Å². The number of aliphatic hydroxyl groups is 2. The highest BCUT2D eigenvalue weighted by atomic mass is 35.5. The lowest BCUT2D eigenvalue weighted by Gasteiger charge is -2.01. The second kappa shape index (κ2) is 10.5. The van der Waals surface area contributed by atoms with Gasteiger partial charge in [0.25, 0.3) is 11.9 Å². The van der Waals surface area contributed by atoms with E-state index >= 15 is 0 Å². The van der Waals surface area contributed by atoms with Gasteiger partial charge >= 0.3 is 0 Å². The van der Waals surface area contributed by atoms with E-state index in [9.17, 15) is 0 Å². The molecule has 102 valence electrons. The van der Waals surface area contributed by atoms with Gasteiger partial charge in [0.15, 0.2) is 6.29 Å². The number of hydrogen-bond donors (Lipinski definition) is 4. The molecule has 0 radical (unpaired) electrons. The molecule has 7 heteroatoms. The van der Waals surface area contributed by atoms with E-state index in [4.69, 9.17) is 41.6 Å². The molecule has 0 aliphatic heterocycles. The van der Waals surface area contributed by atoms with Crippen LogP contribution in [-0.2, 0) is 9.59 Å². The molecule has 18 heavy (non-hydrogen) atoms. The van der Waals surface area contributed by atoms with Gasteiger partial charge in [-0.15, -0.1) is 0 Å². The van der Waals surface area contributed by atoms with Crippen molar-refractivity contribution in [2.45, 2.75) is 20.1 Å². The Kier molecular flexibility index (Phi) is 10.9. The van der Waals surface area contributed by atoms with E-state index in [1.54, 1.807) is 18.2 Å². The van der Waals surface area contributed by atoms with Crippen LogP contribution < -0.4 is 0 Å². The third-order valence-electron chi connectivity index (χ3n) is 1.15. The van der Waals surface area contributed by atoms with Crippen LogP contribution in [0, 0.1) is 0 Å². The van der Waals surface area contributed by atoms with Crippen molar-refractivity contribution in [1.29, 1.82) is 0 Å². The van der Waals surface area contributed by atoms with Crippen LogP contribution in [0.15, 0.2) is 24.3 Å². The molecular formula is C11H15ClO6. The lowest BCUT2D eigenvalue weighted by molar-refractivity contribution is -0.135. The summed E-state index contributed by atoms with van der Waals surface area (Å²) in [5.41, 5.74) is 0.410. The van der Waals surface area contributed by atoms with Gasteiger partial charge in [-0.1, -0.05) is 23.7 Å². The molecule has 1 aromatic rings. The van der Waals surface area contributed by atoms with Gasteiger partial charge in [0.1, 0.15) is 0 Å². The maximum absolute atomic E-state index is 9.00. The molecular weight excluding hydrogens is 264 g/mol. The van der Waals surface area contributed by atoms with Crippen LogP contribution in [-0.4, -0.2) is 32.4 Å². The molecule has 0 bridgehead atoms. The van der Waals surface area contributed by atoms with E-state index < -0.39 is 18.2 Å². The first-order chi connectivity index (χ1) is 8.16. The Morgan fingerprint density at radius 3 is 1.72 bits per heavy atom. The minimum atomic E-state index is -1.43. The van der Waals surface area contributed by atoms with E-state index in [1.807, 2.05) is 0 Å². The number of carbonyl (C=O) groups is 2. The van der Waals surface area contributed by atoms with E-state index in [2.05, 4.69) is 0 Å². The zero-order valence-electron chi connectivity index (χ0n) is 9.87. The van der Waals surface area contributed by atoms with Crippen LogP contribution in [0.25, 0.3) is 0 Å². The van der Waals surface area contributed by atoms with Gasteiger partial charge in [-0.2, -0.15) is 0 Å². The maximum atomic E-state index is 9.00. The average Bonchev–Trinajstić information content (AvgIpc) is 2.15. The molecule has 0 unspecified atom stereocenters. The smallest absolute Gasteiger partial charge is 0.300 e.